The molecule has 0 saturated carbocycles. The van der Waals surface area contributed by atoms with E-state index in [1.165, 1.54) is 12.4 Å². The van der Waals surface area contributed by atoms with Gasteiger partial charge in [0.25, 0.3) is 6.43 Å². The molecule has 1 aromatic rings. The zero-order valence-electron chi connectivity index (χ0n) is 5.54. The minimum absolute atomic E-state index is 0.0188. The van der Waals surface area contributed by atoms with Crippen LogP contribution in [0.2, 0.25) is 0 Å². The molecule has 1 heterocycles. The fourth-order valence-corrected chi connectivity index (χ4v) is 0.718. The first-order valence-corrected chi connectivity index (χ1v) is 2.93. The molecule has 1 rings (SSSR count). The Morgan fingerprint density at radius 2 is 2.45 bits per heavy atom. The summed E-state index contributed by atoms with van der Waals surface area (Å²) in [5.74, 6) is 0.0188. The van der Waals surface area contributed by atoms with Gasteiger partial charge in [0.15, 0.2) is 0 Å². The first kappa shape index (κ1) is 7.66. The first-order chi connectivity index (χ1) is 5.24. The first-order valence-electron chi connectivity index (χ1n) is 2.93. The molecule has 0 N–H and O–H groups in total. The SMILES string of the molecule is N#Cc1nccn1CC(F)F. The van der Waals surface area contributed by atoms with Crippen LogP contribution in [-0.2, 0) is 6.54 Å². The Bertz CT molecular complexity index is 274. The molecule has 0 saturated heterocycles. The molecule has 11 heavy (non-hydrogen) atoms. The maximum atomic E-state index is 11.8. The van der Waals surface area contributed by atoms with Crippen LogP contribution in [0.4, 0.5) is 8.78 Å². The average Bonchev–Trinajstić information content (AvgIpc) is 2.34. The number of hydrogen-bond acceptors (Lipinski definition) is 2. The summed E-state index contributed by atoms with van der Waals surface area (Å²) in [7, 11) is 0. The summed E-state index contributed by atoms with van der Waals surface area (Å²) in [6.45, 7) is -0.469. The normalized spacial score (nSPS) is 10.0. The lowest BCUT2D eigenvalue weighted by Gasteiger charge is -1.99. The summed E-state index contributed by atoms with van der Waals surface area (Å²) in [6, 6.07) is 1.70. The molecule has 5 heteroatoms. The van der Waals surface area contributed by atoms with Gasteiger partial charge >= 0.3 is 0 Å². The molecule has 0 spiro atoms. The Kier molecular flexibility index (Phi) is 2.16. The highest BCUT2D eigenvalue weighted by molar-refractivity contribution is 5.10. The van der Waals surface area contributed by atoms with Gasteiger partial charge in [-0.15, -0.1) is 0 Å². The fraction of sp³-hybridized carbons (Fsp3) is 0.333. The Morgan fingerprint density at radius 1 is 1.73 bits per heavy atom. The van der Waals surface area contributed by atoms with E-state index in [1.54, 1.807) is 6.07 Å². The number of halogens is 2. The molecule has 0 bridgehead atoms. The van der Waals surface area contributed by atoms with Gasteiger partial charge in [-0.1, -0.05) is 0 Å². The van der Waals surface area contributed by atoms with E-state index in [0.717, 1.165) is 4.57 Å². The van der Waals surface area contributed by atoms with Gasteiger partial charge in [0.1, 0.15) is 6.07 Å². The highest BCUT2D eigenvalue weighted by Crippen LogP contribution is 2.01. The van der Waals surface area contributed by atoms with Crippen molar-refractivity contribution in [2.45, 2.75) is 13.0 Å². The van der Waals surface area contributed by atoms with E-state index in [1.807, 2.05) is 0 Å². The average molecular weight is 157 g/mol. The number of hydrogen-bond donors (Lipinski definition) is 0. The second-order valence-electron chi connectivity index (χ2n) is 1.91. The van der Waals surface area contributed by atoms with Crippen LogP contribution in [0.25, 0.3) is 0 Å². The number of nitriles is 1. The lowest BCUT2D eigenvalue weighted by atomic mass is 10.6. The van der Waals surface area contributed by atoms with Crippen LogP contribution < -0.4 is 0 Å². The lowest BCUT2D eigenvalue weighted by molar-refractivity contribution is 0.126. The number of nitrogens with zero attached hydrogens (tertiary/aromatic N) is 3. The summed E-state index contributed by atoms with van der Waals surface area (Å²) < 4.78 is 24.6. The van der Waals surface area contributed by atoms with Crippen LogP contribution in [0, 0.1) is 11.3 Å². The number of imidazole rings is 1. The van der Waals surface area contributed by atoms with Gasteiger partial charge in [0.05, 0.1) is 6.54 Å². The zero-order valence-corrected chi connectivity index (χ0v) is 5.54. The number of rotatable bonds is 2. The van der Waals surface area contributed by atoms with Crippen LogP contribution in [0.3, 0.4) is 0 Å². The van der Waals surface area contributed by atoms with E-state index >= 15 is 0 Å². The van der Waals surface area contributed by atoms with Crippen LogP contribution in [0.5, 0.6) is 0 Å². The molecular weight excluding hydrogens is 152 g/mol. The molecule has 3 nitrogen and oxygen atoms in total. The fourth-order valence-electron chi connectivity index (χ4n) is 0.718. The predicted molar refractivity (Wildman–Crippen MR) is 32.9 cm³/mol. The summed E-state index contributed by atoms with van der Waals surface area (Å²) in [5, 5.41) is 8.34. The van der Waals surface area contributed by atoms with Crippen molar-refractivity contribution in [3.63, 3.8) is 0 Å². The van der Waals surface area contributed by atoms with Gasteiger partial charge < -0.3 is 4.57 Å². The summed E-state index contributed by atoms with van der Waals surface area (Å²) in [6.07, 6.45) is 0.224. The van der Waals surface area contributed by atoms with E-state index in [0.29, 0.717) is 0 Å². The second kappa shape index (κ2) is 3.10. The van der Waals surface area contributed by atoms with Crippen LogP contribution in [0.15, 0.2) is 12.4 Å². The lowest BCUT2D eigenvalue weighted by Crippen LogP contribution is -2.07. The van der Waals surface area contributed by atoms with E-state index in [2.05, 4.69) is 4.98 Å². The molecule has 0 amide bonds. The number of alkyl halides is 2. The Balaban J connectivity index is 2.79. The Hall–Kier alpha value is -1.44. The van der Waals surface area contributed by atoms with Crippen molar-refractivity contribution in [2.24, 2.45) is 0 Å². The van der Waals surface area contributed by atoms with Crippen molar-refractivity contribution in [2.75, 3.05) is 0 Å². The van der Waals surface area contributed by atoms with Crippen molar-refractivity contribution >= 4 is 0 Å². The van der Waals surface area contributed by atoms with Gasteiger partial charge in [-0.25, -0.2) is 13.8 Å². The summed E-state index contributed by atoms with van der Waals surface area (Å²) >= 11 is 0. The smallest absolute Gasteiger partial charge is 0.256 e. The Labute approximate surface area is 61.9 Å². The second-order valence-corrected chi connectivity index (χ2v) is 1.91. The molecule has 0 unspecified atom stereocenters. The quantitative estimate of drug-likeness (QED) is 0.643. The predicted octanol–water partition coefficient (Wildman–Crippen LogP) is 1.02. The Morgan fingerprint density at radius 3 is 3.00 bits per heavy atom. The van der Waals surface area contributed by atoms with Gasteiger partial charge in [-0.2, -0.15) is 5.26 Å². The minimum atomic E-state index is -2.45. The molecule has 0 aliphatic heterocycles. The van der Waals surface area contributed by atoms with Crippen LogP contribution >= 0.6 is 0 Å². The highest BCUT2D eigenvalue weighted by atomic mass is 19.3. The largest absolute Gasteiger partial charge is 0.317 e. The molecule has 0 fully saturated rings. The topological polar surface area (TPSA) is 41.6 Å². The number of aromatic nitrogens is 2. The van der Waals surface area contributed by atoms with Gasteiger partial charge in [0.2, 0.25) is 5.82 Å². The van der Waals surface area contributed by atoms with Crippen LogP contribution in [0.1, 0.15) is 5.82 Å². The third kappa shape index (κ3) is 1.74. The van der Waals surface area contributed by atoms with E-state index in [4.69, 9.17) is 5.26 Å². The van der Waals surface area contributed by atoms with E-state index in [9.17, 15) is 8.78 Å². The third-order valence-corrected chi connectivity index (χ3v) is 1.15. The maximum absolute atomic E-state index is 11.8. The van der Waals surface area contributed by atoms with E-state index < -0.39 is 13.0 Å². The van der Waals surface area contributed by atoms with Crippen molar-refractivity contribution in [3.8, 4) is 6.07 Å². The summed E-state index contributed by atoms with van der Waals surface area (Å²) in [4.78, 5) is 3.56. The molecule has 0 atom stereocenters. The summed E-state index contributed by atoms with van der Waals surface area (Å²) in [5.41, 5.74) is 0. The molecular formula is C6H5F2N3. The van der Waals surface area contributed by atoms with Gasteiger partial charge in [-0.3, -0.25) is 0 Å². The van der Waals surface area contributed by atoms with E-state index in [-0.39, 0.29) is 5.82 Å². The molecule has 0 aliphatic rings. The molecule has 58 valence electrons. The highest BCUT2D eigenvalue weighted by Gasteiger charge is 2.06. The molecule has 0 aromatic carbocycles. The van der Waals surface area contributed by atoms with Gasteiger partial charge in [-0.05, 0) is 0 Å². The molecule has 1 aromatic heterocycles. The third-order valence-electron chi connectivity index (χ3n) is 1.15. The van der Waals surface area contributed by atoms with Crippen molar-refractivity contribution < 1.29 is 8.78 Å². The van der Waals surface area contributed by atoms with Crippen molar-refractivity contribution in [1.29, 1.82) is 5.26 Å². The van der Waals surface area contributed by atoms with Crippen molar-refractivity contribution in [3.05, 3.63) is 18.2 Å². The minimum Gasteiger partial charge on any atom is -0.317 e. The zero-order chi connectivity index (χ0) is 8.27. The van der Waals surface area contributed by atoms with Crippen LogP contribution in [-0.4, -0.2) is 16.0 Å². The maximum Gasteiger partial charge on any atom is 0.256 e. The standard InChI is InChI=1S/C6H5F2N3/c7-5(8)4-11-2-1-10-6(11)3-9/h1-2,5H,4H2. The monoisotopic (exact) mass is 157 g/mol. The van der Waals surface area contributed by atoms with Crippen molar-refractivity contribution in [1.82, 2.24) is 9.55 Å². The molecule has 0 radical (unpaired) electrons. The molecule has 0 aliphatic carbocycles. The van der Waals surface area contributed by atoms with Gasteiger partial charge in [0, 0.05) is 12.4 Å².